The molecule has 3 N–H and O–H groups in total. The van der Waals surface area contributed by atoms with E-state index in [1.807, 2.05) is 13.0 Å². The predicted molar refractivity (Wildman–Crippen MR) is 67.2 cm³/mol. The standard InChI is InChI=1S/C13H18N2O3/c1-10(8-16)15-7-12(17)9-18-13-5-3-2-4-11(13)6-14/h2-5,10,12,15-17H,7-9H2,1H3. The SMILES string of the molecule is CC(CO)NCC(O)COc1ccccc1C#N. The van der Waals surface area contributed by atoms with Crippen LogP contribution in [0.2, 0.25) is 0 Å². The molecule has 0 aliphatic heterocycles. The number of para-hydroxylation sites is 1. The average Bonchev–Trinajstić information content (AvgIpc) is 2.42. The Kier molecular flexibility index (Phi) is 6.15. The number of nitrogens with zero attached hydrogens (tertiary/aromatic N) is 1. The smallest absolute Gasteiger partial charge is 0.137 e. The van der Waals surface area contributed by atoms with Crippen molar-refractivity contribution in [2.75, 3.05) is 19.8 Å². The maximum absolute atomic E-state index is 9.67. The van der Waals surface area contributed by atoms with Crippen LogP contribution in [0, 0.1) is 11.3 Å². The third kappa shape index (κ3) is 4.72. The Morgan fingerprint density at radius 3 is 2.83 bits per heavy atom. The van der Waals surface area contributed by atoms with Crippen LogP contribution in [0.25, 0.3) is 0 Å². The summed E-state index contributed by atoms with van der Waals surface area (Å²) >= 11 is 0. The molecular formula is C13H18N2O3. The largest absolute Gasteiger partial charge is 0.489 e. The van der Waals surface area contributed by atoms with Crippen LogP contribution in [0.15, 0.2) is 24.3 Å². The van der Waals surface area contributed by atoms with Crippen molar-refractivity contribution >= 4 is 0 Å². The van der Waals surface area contributed by atoms with E-state index in [4.69, 9.17) is 15.1 Å². The molecule has 0 bridgehead atoms. The summed E-state index contributed by atoms with van der Waals surface area (Å²) in [6, 6.07) is 8.84. The Labute approximate surface area is 107 Å². The molecular weight excluding hydrogens is 232 g/mol. The highest BCUT2D eigenvalue weighted by Gasteiger charge is 2.09. The molecule has 0 aliphatic rings. The maximum atomic E-state index is 9.67. The lowest BCUT2D eigenvalue weighted by Gasteiger charge is -2.16. The summed E-state index contributed by atoms with van der Waals surface area (Å²) in [6.07, 6.45) is -0.689. The molecule has 0 spiro atoms. The Morgan fingerprint density at radius 2 is 2.17 bits per heavy atom. The predicted octanol–water partition coefficient (Wildman–Crippen LogP) is 0.268. The highest BCUT2D eigenvalue weighted by atomic mass is 16.5. The molecule has 5 nitrogen and oxygen atoms in total. The van der Waals surface area contributed by atoms with Gasteiger partial charge in [-0.15, -0.1) is 0 Å². The third-order valence-electron chi connectivity index (χ3n) is 2.41. The maximum Gasteiger partial charge on any atom is 0.137 e. The fourth-order valence-electron chi connectivity index (χ4n) is 1.33. The lowest BCUT2D eigenvalue weighted by molar-refractivity contribution is 0.101. The molecule has 0 fully saturated rings. The second-order valence-electron chi connectivity index (χ2n) is 4.06. The summed E-state index contributed by atoms with van der Waals surface area (Å²) in [4.78, 5) is 0. The Bertz CT molecular complexity index is 403. The van der Waals surface area contributed by atoms with E-state index in [0.717, 1.165) is 0 Å². The van der Waals surface area contributed by atoms with Gasteiger partial charge in [-0.05, 0) is 19.1 Å². The van der Waals surface area contributed by atoms with E-state index in [9.17, 15) is 5.11 Å². The molecule has 1 aromatic carbocycles. The zero-order valence-electron chi connectivity index (χ0n) is 10.3. The zero-order chi connectivity index (χ0) is 13.4. The number of nitrogens with one attached hydrogen (secondary N) is 1. The summed E-state index contributed by atoms with van der Waals surface area (Å²) in [5.41, 5.74) is 0.446. The van der Waals surface area contributed by atoms with Crippen LogP contribution >= 0.6 is 0 Å². The van der Waals surface area contributed by atoms with Gasteiger partial charge in [-0.1, -0.05) is 12.1 Å². The van der Waals surface area contributed by atoms with Crippen molar-refractivity contribution in [3.05, 3.63) is 29.8 Å². The highest BCUT2D eigenvalue weighted by molar-refractivity contribution is 5.42. The van der Waals surface area contributed by atoms with Gasteiger partial charge in [-0.25, -0.2) is 0 Å². The highest BCUT2D eigenvalue weighted by Crippen LogP contribution is 2.16. The number of hydrogen-bond donors (Lipinski definition) is 3. The fourth-order valence-corrected chi connectivity index (χ4v) is 1.33. The first-order chi connectivity index (χ1) is 8.67. The summed E-state index contributed by atoms with van der Waals surface area (Å²) < 4.78 is 5.38. The Hall–Kier alpha value is -1.61. The molecule has 18 heavy (non-hydrogen) atoms. The molecule has 98 valence electrons. The minimum atomic E-state index is -0.689. The first-order valence-corrected chi connectivity index (χ1v) is 5.81. The van der Waals surface area contributed by atoms with E-state index in [-0.39, 0.29) is 19.3 Å². The summed E-state index contributed by atoms with van der Waals surface area (Å²) in [5.74, 6) is 0.467. The van der Waals surface area contributed by atoms with Gasteiger partial charge in [0.1, 0.15) is 24.5 Å². The molecule has 0 aromatic heterocycles. The number of aliphatic hydroxyl groups is 2. The number of nitriles is 1. The van der Waals surface area contributed by atoms with E-state index in [2.05, 4.69) is 5.32 Å². The van der Waals surface area contributed by atoms with Gasteiger partial charge in [0.25, 0.3) is 0 Å². The van der Waals surface area contributed by atoms with E-state index in [1.54, 1.807) is 24.3 Å². The van der Waals surface area contributed by atoms with Crippen molar-refractivity contribution in [2.45, 2.75) is 19.1 Å². The summed E-state index contributed by atoms with van der Waals surface area (Å²) in [7, 11) is 0. The molecule has 2 unspecified atom stereocenters. The normalized spacial score (nSPS) is 13.7. The number of aliphatic hydroxyl groups excluding tert-OH is 2. The molecule has 0 amide bonds. The van der Waals surface area contributed by atoms with Crippen molar-refractivity contribution in [1.82, 2.24) is 5.32 Å². The second kappa shape index (κ2) is 7.67. The van der Waals surface area contributed by atoms with Gasteiger partial charge in [0.2, 0.25) is 0 Å². The molecule has 0 heterocycles. The lowest BCUT2D eigenvalue weighted by atomic mass is 10.2. The van der Waals surface area contributed by atoms with Crippen molar-refractivity contribution < 1.29 is 14.9 Å². The molecule has 0 radical (unpaired) electrons. The summed E-state index contributed by atoms with van der Waals surface area (Å²) in [5, 5.41) is 30.3. The van der Waals surface area contributed by atoms with Crippen molar-refractivity contribution in [2.24, 2.45) is 0 Å². The topological polar surface area (TPSA) is 85.5 Å². The zero-order valence-corrected chi connectivity index (χ0v) is 10.3. The van der Waals surface area contributed by atoms with Crippen LogP contribution in [-0.4, -0.2) is 42.1 Å². The minimum Gasteiger partial charge on any atom is -0.489 e. The van der Waals surface area contributed by atoms with Crippen LogP contribution in [-0.2, 0) is 0 Å². The van der Waals surface area contributed by atoms with Crippen LogP contribution < -0.4 is 10.1 Å². The molecule has 0 saturated heterocycles. The van der Waals surface area contributed by atoms with Crippen LogP contribution in [0.4, 0.5) is 0 Å². The Balaban J connectivity index is 2.38. The number of hydrogen-bond acceptors (Lipinski definition) is 5. The van der Waals surface area contributed by atoms with Crippen molar-refractivity contribution in [3.63, 3.8) is 0 Å². The molecule has 1 rings (SSSR count). The van der Waals surface area contributed by atoms with E-state index < -0.39 is 6.10 Å². The first-order valence-electron chi connectivity index (χ1n) is 5.81. The lowest BCUT2D eigenvalue weighted by Crippen LogP contribution is -2.38. The molecule has 1 aromatic rings. The van der Waals surface area contributed by atoms with Crippen LogP contribution in [0.1, 0.15) is 12.5 Å². The van der Waals surface area contributed by atoms with Gasteiger partial charge in [-0.2, -0.15) is 5.26 Å². The summed E-state index contributed by atoms with van der Waals surface area (Å²) in [6.45, 7) is 2.27. The number of ether oxygens (including phenoxy) is 1. The van der Waals surface area contributed by atoms with E-state index >= 15 is 0 Å². The van der Waals surface area contributed by atoms with Gasteiger partial charge in [0.05, 0.1) is 12.2 Å². The minimum absolute atomic E-state index is 0.0187. The van der Waals surface area contributed by atoms with E-state index in [0.29, 0.717) is 17.9 Å². The van der Waals surface area contributed by atoms with Crippen LogP contribution in [0.3, 0.4) is 0 Å². The van der Waals surface area contributed by atoms with Gasteiger partial charge in [-0.3, -0.25) is 0 Å². The van der Waals surface area contributed by atoms with E-state index in [1.165, 1.54) is 0 Å². The molecule has 5 heteroatoms. The number of rotatable bonds is 7. The molecule has 0 saturated carbocycles. The first kappa shape index (κ1) is 14.5. The average molecular weight is 250 g/mol. The number of benzene rings is 1. The quantitative estimate of drug-likeness (QED) is 0.646. The second-order valence-corrected chi connectivity index (χ2v) is 4.06. The molecule has 0 aliphatic carbocycles. The Morgan fingerprint density at radius 1 is 1.44 bits per heavy atom. The van der Waals surface area contributed by atoms with Gasteiger partial charge in [0.15, 0.2) is 0 Å². The fraction of sp³-hybridized carbons (Fsp3) is 0.462. The van der Waals surface area contributed by atoms with Crippen molar-refractivity contribution in [3.8, 4) is 11.8 Å². The third-order valence-corrected chi connectivity index (χ3v) is 2.41. The monoisotopic (exact) mass is 250 g/mol. The van der Waals surface area contributed by atoms with Crippen molar-refractivity contribution in [1.29, 1.82) is 5.26 Å². The van der Waals surface area contributed by atoms with Gasteiger partial charge < -0.3 is 20.3 Å². The van der Waals surface area contributed by atoms with Gasteiger partial charge >= 0.3 is 0 Å². The van der Waals surface area contributed by atoms with Crippen LogP contribution in [0.5, 0.6) is 5.75 Å². The van der Waals surface area contributed by atoms with Gasteiger partial charge in [0, 0.05) is 12.6 Å². The molecule has 2 atom stereocenters.